The molecule has 1 fully saturated rings. The van der Waals surface area contributed by atoms with Gasteiger partial charge in [0.2, 0.25) is 0 Å². The van der Waals surface area contributed by atoms with Gasteiger partial charge in [-0.05, 0) is 25.0 Å². The predicted molar refractivity (Wildman–Crippen MR) is 77.2 cm³/mol. The van der Waals surface area contributed by atoms with E-state index in [1.807, 2.05) is 12.1 Å². The van der Waals surface area contributed by atoms with Crippen LogP contribution in [0.3, 0.4) is 0 Å². The number of nitrogens with two attached hydrogens (primary N) is 2. The van der Waals surface area contributed by atoms with Crippen molar-refractivity contribution in [2.45, 2.75) is 25.5 Å². The lowest BCUT2D eigenvalue weighted by molar-refractivity contribution is -0.676. The first-order valence-electron chi connectivity index (χ1n) is 7.21. The first-order chi connectivity index (χ1) is 10.2. The molecule has 6 heteroatoms. The van der Waals surface area contributed by atoms with Crippen LogP contribution in [-0.4, -0.2) is 38.9 Å². The van der Waals surface area contributed by atoms with Crippen LogP contribution in [0.2, 0.25) is 0 Å². The zero-order valence-corrected chi connectivity index (χ0v) is 12.3. The smallest absolute Gasteiger partial charge is 0.255 e. The number of para-hydroxylation sites is 1. The SMILES string of the molecule is COc1cccc(C[NH2+]C[C@@H]2CCCO2)c1OCC(N)=O. The molecule has 0 aromatic heterocycles. The van der Waals surface area contributed by atoms with Crippen LogP contribution >= 0.6 is 0 Å². The Morgan fingerprint density at radius 3 is 3.05 bits per heavy atom. The maximum atomic E-state index is 10.9. The molecule has 6 nitrogen and oxygen atoms in total. The Morgan fingerprint density at radius 2 is 2.38 bits per heavy atom. The number of benzene rings is 1. The van der Waals surface area contributed by atoms with Crippen molar-refractivity contribution in [1.29, 1.82) is 0 Å². The summed E-state index contributed by atoms with van der Waals surface area (Å²) in [5, 5.41) is 2.18. The predicted octanol–water partition coefficient (Wildman–Crippen LogP) is -0.198. The molecule has 0 unspecified atom stereocenters. The fourth-order valence-electron chi connectivity index (χ4n) is 2.44. The highest BCUT2D eigenvalue weighted by Gasteiger charge is 2.18. The van der Waals surface area contributed by atoms with Crippen LogP contribution in [0.25, 0.3) is 0 Å². The maximum absolute atomic E-state index is 10.9. The molecule has 1 aromatic carbocycles. The molecular weight excluding hydrogens is 272 g/mol. The summed E-state index contributed by atoms with van der Waals surface area (Å²) in [6.45, 7) is 2.38. The van der Waals surface area contributed by atoms with Crippen LogP contribution in [0.4, 0.5) is 0 Å². The standard InChI is InChI=1S/C15H22N2O4/c1-19-13-6-2-4-11(15(13)21-10-14(16)18)8-17-9-12-5-3-7-20-12/h2,4,6,12,17H,3,5,7-10H2,1H3,(H2,16,18)/p+1/t12-/m0/s1. The Labute approximate surface area is 124 Å². The van der Waals surface area contributed by atoms with Gasteiger partial charge in [0.15, 0.2) is 18.1 Å². The van der Waals surface area contributed by atoms with Gasteiger partial charge < -0.3 is 25.3 Å². The average Bonchev–Trinajstić information content (AvgIpc) is 2.98. The third-order valence-electron chi connectivity index (χ3n) is 3.46. The summed E-state index contributed by atoms with van der Waals surface area (Å²) in [5.41, 5.74) is 6.12. The monoisotopic (exact) mass is 295 g/mol. The number of amides is 1. The van der Waals surface area contributed by atoms with Crippen LogP contribution in [0.5, 0.6) is 11.5 Å². The quantitative estimate of drug-likeness (QED) is 0.695. The molecule has 4 N–H and O–H groups in total. The van der Waals surface area contributed by atoms with E-state index in [9.17, 15) is 4.79 Å². The third kappa shape index (κ3) is 4.61. The average molecular weight is 295 g/mol. The van der Waals surface area contributed by atoms with E-state index < -0.39 is 5.91 Å². The second kappa shape index (κ2) is 7.85. The second-order valence-electron chi connectivity index (χ2n) is 5.07. The van der Waals surface area contributed by atoms with Gasteiger partial charge in [0, 0.05) is 6.61 Å². The molecule has 0 spiro atoms. The lowest BCUT2D eigenvalue weighted by Gasteiger charge is -2.14. The van der Waals surface area contributed by atoms with Crippen molar-refractivity contribution in [2.24, 2.45) is 5.73 Å². The van der Waals surface area contributed by atoms with Crippen LogP contribution in [0, 0.1) is 0 Å². The summed E-state index contributed by atoms with van der Waals surface area (Å²) < 4.78 is 16.4. The van der Waals surface area contributed by atoms with Gasteiger partial charge >= 0.3 is 0 Å². The highest BCUT2D eigenvalue weighted by molar-refractivity contribution is 5.75. The van der Waals surface area contributed by atoms with Gasteiger partial charge in [0.1, 0.15) is 19.2 Å². The van der Waals surface area contributed by atoms with Gasteiger partial charge in [-0.15, -0.1) is 0 Å². The molecule has 1 amide bonds. The number of primary amides is 1. The first-order valence-corrected chi connectivity index (χ1v) is 7.21. The zero-order chi connectivity index (χ0) is 15.1. The third-order valence-corrected chi connectivity index (χ3v) is 3.46. The lowest BCUT2D eigenvalue weighted by atomic mass is 10.1. The van der Waals surface area contributed by atoms with Crippen molar-refractivity contribution in [3.05, 3.63) is 23.8 Å². The molecular formula is C15H23N2O4+. The number of hydrogen-bond donors (Lipinski definition) is 2. The number of rotatable bonds is 8. The molecule has 1 saturated heterocycles. The lowest BCUT2D eigenvalue weighted by Crippen LogP contribution is -2.84. The van der Waals surface area contributed by atoms with Gasteiger partial charge in [-0.25, -0.2) is 0 Å². The molecule has 0 aliphatic carbocycles. The van der Waals surface area contributed by atoms with Gasteiger partial charge in [-0.2, -0.15) is 0 Å². The van der Waals surface area contributed by atoms with E-state index in [0.717, 1.165) is 38.1 Å². The fourth-order valence-corrected chi connectivity index (χ4v) is 2.44. The molecule has 1 aromatic rings. The summed E-state index contributed by atoms with van der Waals surface area (Å²) in [6.07, 6.45) is 2.61. The van der Waals surface area contributed by atoms with Crippen molar-refractivity contribution in [2.75, 3.05) is 26.9 Å². The van der Waals surface area contributed by atoms with Crippen LogP contribution in [-0.2, 0) is 16.1 Å². The van der Waals surface area contributed by atoms with Crippen molar-refractivity contribution < 1.29 is 24.3 Å². The number of carbonyl (C=O) groups excluding carboxylic acids is 1. The van der Waals surface area contributed by atoms with E-state index in [4.69, 9.17) is 19.9 Å². The van der Waals surface area contributed by atoms with Crippen LogP contribution in [0.1, 0.15) is 18.4 Å². The number of quaternary nitrogens is 1. The molecule has 0 bridgehead atoms. The summed E-state index contributed by atoms with van der Waals surface area (Å²) in [4.78, 5) is 10.9. The highest BCUT2D eigenvalue weighted by Crippen LogP contribution is 2.30. The number of carbonyl (C=O) groups is 1. The highest BCUT2D eigenvalue weighted by atomic mass is 16.5. The molecule has 116 valence electrons. The summed E-state index contributed by atoms with van der Waals surface area (Å²) in [7, 11) is 1.58. The zero-order valence-electron chi connectivity index (χ0n) is 12.3. The van der Waals surface area contributed by atoms with Crippen molar-refractivity contribution in [1.82, 2.24) is 0 Å². The number of methoxy groups -OCH3 is 1. The minimum absolute atomic E-state index is 0.154. The summed E-state index contributed by atoms with van der Waals surface area (Å²) >= 11 is 0. The number of hydrogen-bond acceptors (Lipinski definition) is 4. The molecule has 1 atom stereocenters. The van der Waals surface area contributed by atoms with Gasteiger partial charge in [-0.1, -0.05) is 6.07 Å². The van der Waals surface area contributed by atoms with Crippen LogP contribution in [0.15, 0.2) is 18.2 Å². The summed E-state index contributed by atoms with van der Waals surface area (Å²) in [5.74, 6) is 0.692. The Hall–Kier alpha value is -1.79. The number of ether oxygens (including phenoxy) is 3. The van der Waals surface area contributed by atoms with E-state index >= 15 is 0 Å². The Morgan fingerprint density at radius 1 is 1.52 bits per heavy atom. The van der Waals surface area contributed by atoms with E-state index in [-0.39, 0.29) is 6.61 Å². The Kier molecular flexibility index (Phi) is 5.83. The molecule has 1 aliphatic heterocycles. The van der Waals surface area contributed by atoms with E-state index in [2.05, 4.69) is 5.32 Å². The molecule has 2 rings (SSSR count). The van der Waals surface area contributed by atoms with E-state index in [1.165, 1.54) is 0 Å². The normalized spacial score (nSPS) is 17.7. The van der Waals surface area contributed by atoms with E-state index in [1.54, 1.807) is 13.2 Å². The molecule has 1 aliphatic rings. The van der Waals surface area contributed by atoms with Gasteiger partial charge in [-0.3, -0.25) is 4.79 Å². The molecule has 0 saturated carbocycles. The Bertz CT molecular complexity index is 473. The fraction of sp³-hybridized carbons (Fsp3) is 0.533. The van der Waals surface area contributed by atoms with Crippen LogP contribution < -0.4 is 20.5 Å². The molecule has 21 heavy (non-hydrogen) atoms. The van der Waals surface area contributed by atoms with Gasteiger partial charge in [0.25, 0.3) is 5.91 Å². The first kappa shape index (κ1) is 15.6. The summed E-state index contributed by atoms with van der Waals surface area (Å²) in [6, 6.07) is 5.68. The molecule has 1 heterocycles. The topological polar surface area (TPSA) is 87.4 Å². The van der Waals surface area contributed by atoms with Crippen molar-refractivity contribution in [3.63, 3.8) is 0 Å². The largest absolute Gasteiger partial charge is 0.493 e. The Balaban J connectivity index is 1.97. The van der Waals surface area contributed by atoms with E-state index in [0.29, 0.717) is 17.6 Å². The molecule has 0 radical (unpaired) electrons. The minimum atomic E-state index is -0.504. The second-order valence-corrected chi connectivity index (χ2v) is 5.07. The van der Waals surface area contributed by atoms with Crippen molar-refractivity contribution in [3.8, 4) is 11.5 Å². The van der Waals surface area contributed by atoms with Crippen molar-refractivity contribution >= 4 is 5.91 Å². The minimum Gasteiger partial charge on any atom is -0.493 e. The maximum Gasteiger partial charge on any atom is 0.255 e. The van der Waals surface area contributed by atoms with Gasteiger partial charge in [0.05, 0.1) is 12.7 Å².